The molecule has 8 heteroatoms. The molecule has 2 aromatic heterocycles. The highest BCUT2D eigenvalue weighted by molar-refractivity contribution is 7.12. The van der Waals surface area contributed by atoms with Crippen LogP contribution < -0.4 is 0 Å². The first-order valence-corrected chi connectivity index (χ1v) is 9.06. The number of aromatic nitrogens is 1. The Morgan fingerprint density at radius 1 is 1.44 bits per heavy atom. The smallest absolute Gasteiger partial charge is 0.266 e. The summed E-state index contributed by atoms with van der Waals surface area (Å²) in [6, 6.07) is 5.43. The van der Waals surface area contributed by atoms with E-state index in [0.29, 0.717) is 29.5 Å². The van der Waals surface area contributed by atoms with Gasteiger partial charge in [0.25, 0.3) is 5.91 Å². The maximum absolute atomic E-state index is 12.7. The molecule has 1 atom stereocenters. The summed E-state index contributed by atoms with van der Waals surface area (Å²) in [5.74, 6) is -0.358. The fourth-order valence-electron chi connectivity index (χ4n) is 2.74. The molecule has 1 saturated heterocycles. The molecule has 3 heterocycles. The molecule has 0 aliphatic carbocycles. The molecule has 0 saturated carbocycles. The summed E-state index contributed by atoms with van der Waals surface area (Å²) >= 11 is 7.34. The average Bonchev–Trinajstić information content (AvgIpc) is 2.98. The van der Waals surface area contributed by atoms with Gasteiger partial charge in [0.05, 0.1) is 11.1 Å². The molecule has 0 bridgehead atoms. The number of ether oxygens (including phenoxy) is 1. The van der Waals surface area contributed by atoms with Crippen LogP contribution >= 0.6 is 22.9 Å². The van der Waals surface area contributed by atoms with Crippen molar-refractivity contribution in [3.05, 3.63) is 51.4 Å². The minimum Gasteiger partial charge on any atom is -0.378 e. The molecule has 0 radical (unpaired) electrons. The van der Waals surface area contributed by atoms with E-state index in [4.69, 9.17) is 16.3 Å². The van der Waals surface area contributed by atoms with Crippen LogP contribution in [0.15, 0.2) is 36.0 Å². The van der Waals surface area contributed by atoms with E-state index in [2.05, 4.69) is 4.98 Å². The summed E-state index contributed by atoms with van der Waals surface area (Å²) in [7, 11) is 1.59. The number of hydrogen-bond acceptors (Lipinski definition) is 5. The van der Waals surface area contributed by atoms with Crippen molar-refractivity contribution in [3.63, 3.8) is 0 Å². The number of pyridine rings is 1. The number of hydrogen-bond donors (Lipinski definition) is 0. The molecule has 6 nitrogen and oxygen atoms in total. The van der Waals surface area contributed by atoms with E-state index in [1.807, 2.05) is 12.1 Å². The Labute approximate surface area is 155 Å². The van der Waals surface area contributed by atoms with Crippen molar-refractivity contribution in [2.45, 2.75) is 12.6 Å². The van der Waals surface area contributed by atoms with E-state index < -0.39 is 0 Å². The van der Waals surface area contributed by atoms with Gasteiger partial charge in [-0.25, -0.2) is 0 Å². The van der Waals surface area contributed by atoms with Crippen LogP contribution in [0.2, 0.25) is 5.02 Å². The van der Waals surface area contributed by atoms with E-state index in [-0.39, 0.29) is 24.5 Å². The Morgan fingerprint density at radius 2 is 2.28 bits per heavy atom. The molecule has 3 rings (SSSR count). The second kappa shape index (κ2) is 7.95. The Hall–Kier alpha value is -1.96. The van der Waals surface area contributed by atoms with Crippen molar-refractivity contribution in [1.29, 1.82) is 0 Å². The van der Waals surface area contributed by atoms with Gasteiger partial charge in [0, 0.05) is 39.1 Å². The van der Waals surface area contributed by atoms with E-state index in [1.165, 1.54) is 16.2 Å². The van der Waals surface area contributed by atoms with Gasteiger partial charge in [-0.3, -0.25) is 14.6 Å². The highest BCUT2D eigenvalue weighted by atomic mass is 35.5. The minimum absolute atomic E-state index is 0.00713. The first-order valence-electron chi connectivity index (χ1n) is 7.80. The zero-order valence-electron chi connectivity index (χ0n) is 13.7. The Balaban J connectivity index is 1.78. The Morgan fingerprint density at radius 3 is 2.92 bits per heavy atom. The van der Waals surface area contributed by atoms with Crippen LogP contribution in [-0.2, 0) is 16.1 Å². The molecule has 0 aromatic carbocycles. The van der Waals surface area contributed by atoms with Gasteiger partial charge in [-0.15, -0.1) is 11.3 Å². The van der Waals surface area contributed by atoms with Crippen molar-refractivity contribution < 1.29 is 14.3 Å². The highest BCUT2D eigenvalue weighted by Gasteiger charge is 2.31. The van der Waals surface area contributed by atoms with Crippen LogP contribution in [-0.4, -0.2) is 59.4 Å². The topological polar surface area (TPSA) is 62.7 Å². The molecule has 1 fully saturated rings. The summed E-state index contributed by atoms with van der Waals surface area (Å²) in [4.78, 5) is 33.1. The third kappa shape index (κ3) is 4.18. The number of methoxy groups -OCH3 is 1. The van der Waals surface area contributed by atoms with Gasteiger partial charge in [-0.1, -0.05) is 17.7 Å². The molecule has 0 spiro atoms. The molecular weight excluding hydrogens is 362 g/mol. The predicted molar refractivity (Wildman–Crippen MR) is 95.7 cm³/mol. The maximum Gasteiger partial charge on any atom is 0.266 e. The zero-order chi connectivity index (χ0) is 17.8. The molecule has 2 amide bonds. The van der Waals surface area contributed by atoms with Crippen LogP contribution in [0.4, 0.5) is 0 Å². The second-order valence-electron chi connectivity index (χ2n) is 5.78. The van der Waals surface area contributed by atoms with Crippen molar-refractivity contribution in [3.8, 4) is 0 Å². The third-order valence-electron chi connectivity index (χ3n) is 4.06. The average molecular weight is 380 g/mol. The van der Waals surface area contributed by atoms with Gasteiger partial charge in [-0.05, 0) is 23.1 Å². The lowest BCUT2D eigenvalue weighted by Gasteiger charge is -2.23. The fourth-order valence-corrected chi connectivity index (χ4v) is 3.84. The molecule has 132 valence electrons. The largest absolute Gasteiger partial charge is 0.378 e. The Kier molecular flexibility index (Phi) is 5.67. The summed E-state index contributed by atoms with van der Waals surface area (Å²) in [6.07, 6.45) is 3.16. The van der Waals surface area contributed by atoms with Crippen molar-refractivity contribution in [2.24, 2.45) is 0 Å². The van der Waals surface area contributed by atoms with Gasteiger partial charge in [-0.2, -0.15) is 0 Å². The van der Waals surface area contributed by atoms with Crippen molar-refractivity contribution >= 4 is 34.8 Å². The Bertz CT molecular complexity index is 753. The SMILES string of the molecule is COC1CN(Cc2cccnc2)C(=O)CN(C(=O)c2sccc2Cl)C1. The summed E-state index contributed by atoms with van der Waals surface area (Å²) in [6.45, 7) is 1.21. The molecule has 2 aromatic rings. The van der Waals surface area contributed by atoms with Crippen LogP contribution in [0.3, 0.4) is 0 Å². The first kappa shape index (κ1) is 17.8. The number of carbonyl (C=O) groups excluding carboxylic acids is 2. The van der Waals surface area contributed by atoms with E-state index in [0.717, 1.165) is 5.56 Å². The molecular formula is C17H18ClN3O3S. The number of halogens is 1. The quantitative estimate of drug-likeness (QED) is 0.817. The van der Waals surface area contributed by atoms with Gasteiger partial charge >= 0.3 is 0 Å². The lowest BCUT2D eigenvalue weighted by Crippen LogP contribution is -2.39. The van der Waals surface area contributed by atoms with Crippen molar-refractivity contribution in [1.82, 2.24) is 14.8 Å². The molecule has 1 aliphatic heterocycles. The lowest BCUT2D eigenvalue weighted by atomic mass is 10.2. The molecule has 0 N–H and O–H groups in total. The summed E-state index contributed by atoms with van der Waals surface area (Å²) in [5, 5.41) is 2.17. The predicted octanol–water partition coefficient (Wildman–Crippen LogP) is 2.30. The third-order valence-corrected chi connectivity index (χ3v) is 5.38. The van der Waals surface area contributed by atoms with Crippen LogP contribution in [0.5, 0.6) is 0 Å². The molecule has 1 unspecified atom stereocenters. The van der Waals surface area contributed by atoms with E-state index in [9.17, 15) is 9.59 Å². The maximum atomic E-state index is 12.7. The molecule has 1 aliphatic rings. The summed E-state index contributed by atoms with van der Waals surface area (Å²) < 4.78 is 5.48. The number of amides is 2. The number of thiophene rings is 1. The lowest BCUT2D eigenvalue weighted by molar-refractivity contribution is -0.132. The fraction of sp³-hybridized carbons (Fsp3) is 0.353. The normalized spacial score (nSPS) is 18.3. The van der Waals surface area contributed by atoms with Gasteiger partial charge in [0.1, 0.15) is 11.4 Å². The zero-order valence-corrected chi connectivity index (χ0v) is 15.3. The van der Waals surface area contributed by atoms with Crippen LogP contribution in [0.1, 0.15) is 15.2 Å². The number of nitrogens with zero attached hydrogens (tertiary/aromatic N) is 3. The van der Waals surface area contributed by atoms with E-state index in [1.54, 1.807) is 35.8 Å². The standard InChI is InChI=1S/C17H18ClN3O3S/c1-24-13-9-20(8-12-3-2-5-19-7-12)15(22)11-21(10-13)17(23)16-14(18)4-6-25-16/h2-7,13H,8-11H2,1H3. The van der Waals surface area contributed by atoms with E-state index >= 15 is 0 Å². The van der Waals surface area contributed by atoms with Crippen LogP contribution in [0.25, 0.3) is 0 Å². The minimum atomic E-state index is -0.259. The first-order chi connectivity index (χ1) is 12.1. The molecule has 25 heavy (non-hydrogen) atoms. The number of rotatable bonds is 4. The van der Waals surface area contributed by atoms with Gasteiger partial charge < -0.3 is 14.5 Å². The monoisotopic (exact) mass is 379 g/mol. The van der Waals surface area contributed by atoms with Crippen LogP contribution in [0, 0.1) is 0 Å². The second-order valence-corrected chi connectivity index (χ2v) is 7.10. The summed E-state index contributed by atoms with van der Waals surface area (Å²) in [5.41, 5.74) is 0.937. The van der Waals surface area contributed by atoms with Crippen molar-refractivity contribution in [2.75, 3.05) is 26.7 Å². The van der Waals surface area contributed by atoms with Gasteiger partial charge in [0.15, 0.2) is 0 Å². The number of carbonyl (C=O) groups is 2. The van der Waals surface area contributed by atoms with Gasteiger partial charge in [0.2, 0.25) is 5.91 Å². The highest BCUT2D eigenvalue weighted by Crippen LogP contribution is 2.24.